The largest absolute Gasteiger partial charge is 0.313 e. The van der Waals surface area contributed by atoms with Gasteiger partial charge in [-0.3, -0.25) is 0 Å². The first-order chi connectivity index (χ1) is 8.06. The highest BCUT2D eigenvalue weighted by atomic mass is 32.1. The molecule has 17 heavy (non-hydrogen) atoms. The Morgan fingerprint density at radius 3 is 2.82 bits per heavy atom. The molecule has 2 heteroatoms. The summed E-state index contributed by atoms with van der Waals surface area (Å²) in [5, 5.41) is 3.71. The smallest absolute Gasteiger partial charge is 0.0184 e. The Morgan fingerprint density at radius 1 is 1.47 bits per heavy atom. The van der Waals surface area contributed by atoms with Gasteiger partial charge in [0.15, 0.2) is 0 Å². The van der Waals surface area contributed by atoms with Crippen LogP contribution in [0.3, 0.4) is 0 Å². The van der Waals surface area contributed by atoms with Crippen LogP contribution in [0, 0.1) is 5.92 Å². The van der Waals surface area contributed by atoms with Crippen LogP contribution in [0.15, 0.2) is 12.1 Å². The molecule has 1 nitrogen and oxygen atoms in total. The van der Waals surface area contributed by atoms with Crippen molar-refractivity contribution in [2.45, 2.75) is 58.4 Å². The van der Waals surface area contributed by atoms with Crippen molar-refractivity contribution in [2.75, 3.05) is 6.54 Å². The van der Waals surface area contributed by atoms with Gasteiger partial charge in [0.2, 0.25) is 0 Å². The summed E-state index contributed by atoms with van der Waals surface area (Å²) in [4.78, 5) is 3.11. The lowest BCUT2D eigenvalue weighted by atomic mass is 9.78. The summed E-state index contributed by atoms with van der Waals surface area (Å²) in [6, 6.07) is 5.34. The first-order valence-corrected chi connectivity index (χ1v) is 7.70. The predicted molar refractivity (Wildman–Crippen MR) is 76.9 cm³/mol. The van der Waals surface area contributed by atoms with Gasteiger partial charge in [-0.15, -0.1) is 11.3 Å². The summed E-state index contributed by atoms with van der Waals surface area (Å²) in [5.74, 6) is 0.774. The summed E-state index contributed by atoms with van der Waals surface area (Å²) in [6.07, 6.45) is 3.74. The quantitative estimate of drug-likeness (QED) is 0.853. The van der Waals surface area contributed by atoms with Gasteiger partial charge in [0.05, 0.1) is 0 Å². The van der Waals surface area contributed by atoms with Gasteiger partial charge in [-0.25, -0.2) is 0 Å². The summed E-state index contributed by atoms with van der Waals surface area (Å²) in [6.45, 7) is 10.5. The molecule has 0 saturated carbocycles. The van der Waals surface area contributed by atoms with E-state index in [-0.39, 0.29) is 0 Å². The van der Waals surface area contributed by atoms with Gasteiger partial charge in [-0.05, 0) is 43.9 Å². The molecule has 1 aliphatic heterocycles. The van der Waals surface area contributed by atoms with Gasteiger partial charge in [-0.2, -0.15) is 0 Å². The Hall–Kier alpha value is -0.340. The lowest BCUT2D eigenvalue weighted by Gasteiger charge is -2.31. The number of thiophene rings is 1. The highest BCUT2D eigenvalue weighted by Crippen LogP contribution is 2.41. The summed E-state index contributed by atoms with van der Waals surface area (Å²) >= 11 is 2.02. The van der Waals surface area contributed by atoms with E-state index in [4.69, 9.17) is 0 Å². The van der Waals surface area contributed by atoms with Crippen molar-refractivity contribution in [3.8, 4) is 0 Å². The second-order valence-electron chi connectivity index (χ2n) is 5.92. The van der Waals surface area contributed by atoms with E-state index in [1.165, 1.54) is 30.7 Å². The zero-order chi connectivity index (χ0) is 12.5. The molecule has 1 saturated heterocycles. The lowest BCUT2D eigenvalue weighted by molar-refractivity contribution is 0.349. The van der Waals surface area contributed by atoms with Gasteiger partial charge in [-0.1, -0.05) is 27.7 Å². The number of hydrogen-bond donors (Lipinski definition) is 1. The highest BCUT2D eigenvalue weighted by Gasteiger charge is 2.40. The Kier molecular flexibility index (Phi) is 3.94. The molecular formula is C15H25NS. The van der Waals surface area contributed by atoms with Gasteiger partial charge >= 0.3 is 0 Å². The Balaban J connectivity index is 2.21. The summed E-state index contributed by atoms with van der Waals surface area (Å²) < 4.78 is 0. The monoisotopic (exact) mass is 251 g/mol. The van der Waals surface area contributed by atoms with E-state index in [0.29, 0.717) is 11.5 Å². The molecule has 2 heterocycles. The van der Waals surface area contributed by atoms with Crippen molar-refractivity contribution in [1.29, 1.82) is 0 Å². The van der Waals surface area contributed by atoms with Gasteiger partial charge in [0, 0.05) is 21.2 Å². The predicted octanol–water partition coefficient (Wildman–Crippen LogP) is 3.98. The normalized spacial score (nSPS) is 29.1. The molecule has 1 aromatic rings. The van der Waals surface area contributed by atoms with Crippen LogP contribution in [0.5, 0.6) is 0 Å². The molecule has 2 unspecified atom stereocenters. The van der Waals surface area contributed by atoms with Crippen LogP contribution in [0.2, 0.25) is 0 Å². The fourth-order valence-electron chi connectivity index (χ4n) is 2.89. The van der Waals surface area contributed by atoms with Crippen molar-refractivity contribution in [3.63, 3.8) is 0 Å². The van der Waals surface area contributed by atoms with Crippen LogP contribution in [-0.4, -0.2) is 12.6 Å². The number of nitrogens with one attached hydrogen (secondary N) is 1. The molecule has 1 fully saturated rings. The molecule has 1 aromatic heterocycles. The molecule has 96 valence electrons. The molecule has 0 spiro atoms. The van der Waals surface area contributed by atoms with Crippen LogP contribution < -0.4 is 5.32 Å². The van der Waals surface area contributed by atoms with Crippen molar-refractivity contribution < 1.29 is 0 Å². The second kappa shape index (κ2) is 5.11. The fraction of sp³-hybridized carbons (Fsp3) is 0.733. The zero-order valence-corrected chi connectivity index (χ0v) is 12.4. The van der Waals surface area contributed by atoms with E-state index < -0.39 is 0 Å². The molecule has 2 atom stereocenters. The van der Waals surface area contributed by atoms with Crippen molar-refractivity contribution in [3.05, 3.63) is 21.9 Å². The molecule has 2 rings (SSSR count). The van der Waals surface area contributed by atoms with Gasteiger partial charge < -0.3 is 5.32 Å². The van der Waals surface area contributed by atoms with Crippen LogP contribution in [0.25, 0.3) is 0 Å². The van der Waals surface area contributed by atoms with Crippen molar-refractivity contribution in [1.82, 2.24) is 5.32 Å². The molecular weight excluding hydrogens is 226 g/mol. The number of rotatable bonds is 4. The molecule has 0 bridgehead atoms. The lowest BCUT2D eigenvalue weighted by Crippen LogP contribution is -2.38. The van der Waals surface area contributed by atoms with Gasteiger partial charge in [0.1, 0.15) is 0 Å². The molecule has 1 aliphatic rings. The molecule has 0 aliphatic carbocycles. The van der Waals surface area contributed by atoms with Crippen LogP contribution >= 0.6 is 11.3 Å². The Bertz CT molecular complexity index is 369. The minimum atomic E-state index is 0.363. The third-order valence-corrected chi connectivity index (χ3v) is 5.59. The van der Waals surface area contributed by atoms with Gasteiger partial charge in [0.25, 0.3) is 0 Å². The summed E-state index contributed by atoms with van der Waals surface area (Å²) in [7, 11) is 0. The summed E-state index contributed by atoms with van der Waals surface area (Å²) in [5.41, 5.74) is 0.363. The number of hydrogen-bond acceptors (Lipinski definition) is 2. The third kappa shape index (κ3) is 2.58. The standard InChI is InChI=1S/C15H25NS/c1-5-12-6-7-14(17-12)15(4)8-9-16-13(15)10-11(2)3/h6-7,11,13,16H,5,8-10H2,1-4H3. The van der Waals surface area contributed by atoms with Crippen molar-refractivity contribution in [2.24, 2.45) is 5.92 Å². The second-order valence-corrected chi connectivity index (χ2v) is 7.09. The van der Waals surface area contributed by atoms with E-state index in [0.717, 1.165) is 5.92 Å². The maximum Gasteiger partial charge on any atom is 0.0184 e. The molecule has 1 N–H and O–H groups in total. The maximum absolute atomic E-state index is 3.71. The number of aryl methyl sites for hydroxylation is 1. The average Bonchev–Trinajstić information content (AvgIpc) is 2.86. The molecule has 0 amide bonds. The molecule has 0 radical (unpaired) electrons. The van der Waals surface area contributed by atoms with E-state index in [1.807, 2.05) is 11.3 Å². The fourth-order valence-corrected chi connectivity index (χ4v) is 4.07. The van der Waals surface area contributed by atoms with Crippen LogP contribution in [0.1, 0.15) is 50.3 Å². The Morgan fingerprint density at radius 2 is 2.24 bits per heavy atom. The van der Waals surface area contributed by atoms with Crippen molar-refractivity contribution >= 4 is 11.3 Å². The maximum atomic E-state index is 3.71. The Labute approximate surface area is 110 Å². The third-order valence-electron chi connectivity index (χ3n) is 4.08. The minimum Gasteiger partial charge on any atom is -0.313 e. The highest BCUT2D eigenvalue weighted by molar-refractivity contribution is 7.12. The first-order valence-electron chi connectivity index (χ1n) is 6.89. The van der Waals surface area contributed by atoms with E-state index in [2.05, 4.69) is 45.1 Å². The van der Waals surface area contributed by atoms with Crippen LogP contribution in [0.4, 0.5) is 0 Å². The van der Waals surface area contributed by atoms with E-state index in [1.54, 1.807) is 4.88 Å². The SMILES string of the molecule is CCc1ccc(C2(C)CCNC2CC(C)C)s1. The minimum absolute atomic E-state index is 0.363. The zero-order valence-electron chi connectivity index (χ0n) is 11.5. The average molecular weight is 251 g/mol. The van der Waals surface area contributed by atoms with Crippen LogP contribution in [-0.2, 0) is 11.8 Å². The topological polar surface area (TPSA) is 12.0 Å². The van der Waals surface area contributed by atoms with E-state index >= 15 is 0 Å². The van der Waals surface area contributed by atoms with E-state index in [9.17, 15) is 0 Å². The first kappa shape index (κ1) is 13.1. The molecule has 0 aromatic carbocycles.